The molecule has 0 bridgehead atoms. The highest BCUT2D eigenvalue weighted by Gasteiger charge is 2.54. The zero-order valence-electron chi connectivity index (χ0n) is 27.9. The molecule has 0 N–H and O–H groups in total. The van der Waals surface area contributed by atoms with Crippen molar-refractivity contribution in [2.45, 2.75) is 64.4 Å². The van der Waals surface area contributed by atoms with Crippen LogP contribution in [-0.2, 0) is 24.2 Å². The van der Waals surface area contributed by atoms with Crippen LogP contribution in [0.25, 0.3) is 0 Å². The molecule has 1 amide bonds. The second kappa shape index (κ2) is 13.0. The standard InChI is InChI=1S/C38H41FN6O4/c1-25(2)45(28-20-47-21-28)37(46)30-14-27(39)8-9-33(30)49-35-17-40-24-42-36(35)44-22-38(23-44)15-29(16-38)48-34-10-12-41-32-11-13-43(19-31(32)34)18-26-6-4-3-5-7-26/h3-10,12,14,17,24-25,28-29H,11,13,15-16,18-23H2,1-2H3. The molecule has 8 rings (SSSR count). The minimum Gasteiger partial charge on any atom is -0.490 e. The van der Waals surface area contributed by atoms with Crippen LogP contribution >= 0.6 is 0 Å². The van der Waals surface area contributed by atoms with Crippen LogP contribution in [0.15, 0.2) is 73.3 Å². The lowest BCUT2D eigenvalue weighted by molar-refractivity contribution is -0.0623. The third-order valence-electron chi connectivity index (χ3n) is 10.2. The fourth-order valence-corrected chi connectivity index (χ4v) is 7.74. The molecule has 1 aliphatic carbocycles. The molecule has 49 heavy (non-hydrogen) atoms. The van der Waals surface area contributed by atoms with Gasteiger partial charge in [-0.05, 0) is 56.5 Å². The molecule has 0 atom stereocenters. The highest BCUT2D eigenvalue weighted by Crippen LogP contribution is 2.52. The molecular weight excluding hydrogens is 623 g/mol. The zero-order chi connectivity index (χ0) is 33.5. The molecule has 5 heterocycles. The minimum absolute atomic E-state index is 0.0508. The molecular formula is C38H41FN6O4. The Bertz CT molecular complexity index is 1820. The van der Waals surface area contributed by atoms with Crippen molar-refractivity contribution in [3.05, 3.63) is 102 Å². The van der Waals surface area contributed by atoms with Crippen LogP contribution in [0.2, 0.25) is 0 Å². The van der Waals surface area contributed by atoms with E-state index < -0.39 is 5.82 Å². The summed E-state index contributed by atoms with van der Waals surface area (Å²) in [7, 11) is 0. The summed E-state index contributed by atoms with van der Waals surface area (Å²) in [5, 5.41) is 0. The summed E-state index contributed by atoms with van der Waals surface area (Å²) < 4.78 is 32.7. The molecule has 2 aromatic heterocycles. The van der Waals surface area contributed by atoms with Crippen LogP contribution in [0.1, 0.15) is 53.9 Å². The summed E-state index contributed by atoms with van der Waals surface area (Å²) in [5.41, 5.74) is 3.98. The first kappa shape index (κ1) is 31.6. The van der Waals surface area contributed by atoms with Crippen LogP contribution in [-0.4, -0.2) is 81.7 Å². The van der Waals surface area contributed by atoms with Gasteiger partial charge in [-0.2, -0.15) is 0 Å². The van der Waals surface area contributed by atoms with Crippen molar-refractivity contribution in [1.82, 2.24) is 24.8 Å². The van der Waals surface area contributed by atoms with Crippen LogP contribution in [0.4, 0.5) is 10.2 Å². The van der Waals surface area contributed by atoms with E-state index in [0.29, 0.717) is 24.8 Å². The largest absolute Gasteiger partial charge is 0.490 e. The van der Waals surface area contributed by atoms with E-state index >= 15 is 0 Å². The predicted molar refractivity (Wildman–Crippen MR) is 181 cm³/mol. The van der Waals surface area contributed by atoms with E-state index in [1.54, 1.807) is 11.1 Å². The van der Waals surface area contributed by atoms with Crippen LogP contribution in [0.3, 0.4) is 0 Å². The average Bonchev–Trinajstić information content (AvgIpc) is 3.04. The molecule has 11 heteroatoms. The Labute approximate surface area is 285 Å². The summed E-state index contributed by atoms with van der Waals surface area (Å²) in [6, 6.07) is 16.5. The molecule has 2 saturated heterocycles. The molecule has 2 aromatic carbocycles. The number of anilines is 1. The van der Waals surface area contributed by atoms with Gasteiger partial charge in [0.05, 0.1) is 31.0 Å². The molecule has 0 radical (unpaired) electrons. The minimum atomic E-state index is -0.503. The van der Waals surface area contributed by atoms with Gasteiger partial charge in [0.2, 0.25) is 0 Å². The van der Waals surface area contributed by atoms with Crippen molar-refractivity contribution in [2.24, 2.45) is 5.41 Å². The quantitative estimate of drug-likeness (QED) is 0.213. The Morgan fingerprint density at radius 2 is 1.88 bits per heavy atom. The zero-order valence-corrected chi connectivity index (χ0v) is 27.9. The second-order valence-corrected chi connectivity index (χ2v) is 14.1. The fraction of sp³-hybridized carbons (Fsp3) is 0.421. The van der Waals surface area contributed by atoms with Crippen molar-refractivity contribution in [3.8, 4) is 17.2 Å². The number of fused-ring (bicyclic) bond motifs is 1. The Morgan fingerprint density at radius 3 is 2.63 bits per heavy atom. The van der Waals surface area contributed by atoms with Gasteiger partial charge >= 0.3 is 0 Å². The first-order valence-electron chi connectivity index (χ1n) is 17.2. The number of pyridine rings is 1. The molecule has 3 aliphatic heterocycles. The molecule has 4 aliphatic rings. The summed E-state index contributed by atoms with van der Waals surface area (Å²) in [6.07, 6.45) is 7.97. The van der Waals surface area contributed by atoms with E-state index in [4.69, 9.17) is 14.2 Å². The number of amides is 1. The molecule has 3 fully saturated rings. The van der Waals surface area contributed by atoms with Gasteiger partial charge in [-0.25, -0.2) is 14.4 Å². The van der Waals surface area contributed by atoms with Gasteiger partial charge in [0, 0.05) is 68.1 Å². The van der Waals surface area contributed by atoms with E-state index in [2.05, 4.69) is 55.1 Å². The maximum atomic E-state index is 14.5. The Morgan fingerprint density at radius 1 is 1.06 bits per heavy atom. The molecule has 1 saturated carbocycles. The lowest BCUT2D eigenvalue weighted by atomic mass is 9.61. The SMILES string of the molecule is CC(C)N(C(=O)c1cc(F)ccc1Oc1cncnc1N1CC2(CC(Oc3ccnc4c3CN(Cc3ccccc3)CC4)C2)C1)C1COC1. The number of aromatic nitrogens is 3. The Balaban J connectivity index is 0.913. The Kier molecular flexibility index (Phi) is 8.41. The van der Waals surface area contributed by atoms with E-state index in [1.165, 1.54) is 35.7 Å². The third kappa shape index (κ3) is 6.33. The molecule has 0 unspecified atom stereocenters. The van der Waals surface area contributed by atoms with Gasteiger partial charge in [-0.15, -0.1) is 0 Å². The predicted octanol–water partition coefficient (Wildman–Crippen LogP) is 5.66. The van der Waals surface area contributed by atoms with Crippen molar-refractivity contribution < 1.29 is 23.4 Å². The number of hydrogen-bond donors (Lipinski definition) is 0. The molecule has 254 valence electrons. The Hall–Kier alpha value is -4.61. The van der Waals surface area contributed by atoms with Gasteiger partial charge in [0.1, 0.15) is 29.7 Å². The number of carbonyl (C=O) groups is 1. The van der Waals surface area contributed by atoms with Crippen molar-refractivity contribution in [2.75, 3.05) is 37.7 Å². The van der Waals surface area contributed by atoms with Crippen LogP contribution < -0.4 is 14.4 Å². The monoisotopic (exact) mass is 664 g/mol. The lowest BCUT2D eigenvalue weighted by Crippen LogP contribution is -2.65. The molecule has 4 aromatic rings. The van der Waals surface area contributed by atoms with E-state index in [0.717, 1.165) is 63.4 Å². The van der Waals surface area contributed by atoms with Gasteiger partial charge in [-0.1, -0.05) is 30.3 Å². The summed E-state index contributed by atoms with van der Waals surface area (Å²) in [5.74, 6) is 1.51. The van der Waals surface area contributed by atoms with Crippen LogP contribution in [0.5, 0.6) is 17.2 Å². The van der Waals surface area contributed by atoms with Gasteiger partial charge in [0.15, 0.2) is 11.6 Å². The highest BCUT2D eigenvalue weighted by atomic mass is 19.1. The maximum Gasteiger partial charge on any atom is 0.258 e. The number of nitrogens with zero attached hydrogens (tertiary/aromatic N) is 6. The smallest absolute Gasteiger partial charge is 0.258 e. The van der Waals surface area contributed by atoms with E-state index in [1.807, 2.05) is 26.1 Å². The average molecular weight is 665 g/mol. The summed E-state index contributed by atoms with van der Waals surface area (Å²) in [6.45, 7) is 9.19. The van der Waals surface area contributed by atoms with Crippen LogP contribution in [0, 0.1) is 11.2 Å². The van der Waals surface area contributed by atoms with E-state index in [-0.39, 0.29) is 40.8 Å². The second-order valence-electron chi connectivity index (χ2n) is 14.1. The number of carbonyl (C=O) groups excluding carboxylic acids is 1. The first-order chi connectivity index (χ1) is 23.8. The maximum absolute atomic E-state index is 14.5. The van der Waals surface area contributed by atoms with Crippen molar-refractivity contribution in [1.29, 1.82) is 0 Å². The first-order valence-corrected chi connectivity index (χ1v) is 17.2. The normalized spacial score (nSPS) is 18.7. The number of ether oxygens (including phenoxy) is 3. The van der Waals surface area contributed by atoms with Crippen molar-refractivity contribution in [3.63, 3.8) is 0 Å². The molecule has 1 spiro atoms. The number of hydrogen-bond acceptors (Lipinski definition) is 9. The fourth-order valence-electron chi connectivity index (χ4n) is 7.74. The highest BCUT2D eigenvalue weighted by molar-refractivity contribution is 5.97. The van der Waals surface area contributed by atoms with E-state index in [9.17, 15) is 9.18 Å². The topological polar surface area (TPSA) is 93.2 Å². The third-order valence-corrected chi connectivity index (χ3v) is 10.2. The van der Waals surface area contributed by atoms with Gasteiger partial charge in [-0.3, -0.25) is 14.7 Å². The number of rotatable bonds is 10. The molecule has 10 nitrogen and oxygen atoms in total. The number of halogens is 1. The summed E-state index contributed by atoms with van der Waals surface area (Å²) in [4.78, 5) is 33.5. The summed E-state index contributed by atoms with van der Waals surface area (Å²) >= 11 is 0. The van der Waals surface area contributed by atoms with Gasteiger partial charge < -0.3 is 24.0 Å². The lowest BCUT2D eigenvalue weighted by Gasteiger charge is -2.59. The van der Waals surface area contributed by atoms with Crippen molar-refractivity contribution >= 4 is 11.7 Å². The number of benzene rings is 2. The van der Waals surface area contributed by atoms with Gasteiger partial charge in [0.25, 0.3) is 5.91 Å².